The highest BCUT2D eigenvalue weighted by Crippen LogP contribution is 2.22. The maximum Gasteiger partial charge on any atom is 0.191 e. The molecule has 2 rings (SSSR count). The first-order chi connectivity index (χ1) is 13.3. The van der Waals surface area contributed by atoms with Gasteiger partial charge in [0.2, 0.25) is 0 Å². The first-order valence-corrected chi connectivity index (χ1v) is 11.8. The van der Waals surface area contributed by atoms with Crippen LogP contribution in [0.5, 0.6) is 5.75 Å². The van der Waals surface area contributed by atoms with Crippen LogP contribution in [-0.4, -0.2) is 70.1 Å². The van der Waals surface area contributed by atoms with Gasteiger partial charge in [0.05, 0.1) is 17.6 Å². The molecule has 1 saturated heterocycles. The number of sulfone groups is 1. The third kappa shape index (κ3) is 9.08. The number of halogens is 1. The predicted octanol–water partition coefficient (Wildman–Crippen LogP) is 2.19. The van der Waals surface area contributed by atoms with Crippen LogP contribution in [0.15, 0.2) is 23.2 Å². The average Bonchev–Trinajstić information content (AvgIpc) is 2.66. The minimum Gasteiger partial charge on any atom is -0.490 e. The molecule has 1 aromatic rings. The Morgan fingerprint density at radius 2 is 1.97 bits per heavy atom. The van der Waals surface area contributed by atoms with Crippen molar-refractivity contribution in [2.45, 2.75) is 39.8 Å². The lowest BCUT2D eigenvalue weighted by Gasteiger charge is -2.26. The summed E-state index contributed by atoms with van der Waals surface area (Å²) in [4.78, 5) is 6.44. The molecule has 2 N–H and O–H groups in total. The van der Waals surface area contributed by atoms with Gasteiger partial charge in [0.1, 0.15) is 5.75 Å². The lowest BCUT2D eigenvalue weighted by molar-refractivity contribution is 0.215. The molecule has 29 heavy (non-hydrogen) atoms. The van der Waals surface area contributed by atoms with Gasteiger partial charge in [-0.25, -0.2) is 8.42 Å². The molecular weight excluding hydrogens is 503 g/mol. The third-order valence-corrected chi connectivity index (χ3v) is 6.56. The fourth-order valence-electron chi connectivity index (χ4n) is 2.92. The van der Waals surface area contributed by atoms with Gasteiger partial charge in [-0.3, -0.25) is 9.89 Å². The second-order valence-corrected chi connectivity index (χ2v) is 9.60. The van der Waals surface area contributed by atoms with Crippen molar-refractivity contribution in [3.05, 3.63) is 29.3 Å². The number of hydrogen-bond acceptors (Lipinski definition) is 5. The summed E-state index contributed by atoms with van der Waals surface area (Å²) in [6.07, 6.45) is 1.13. The van der Waals surface area contributed by atoms with Crippen LogP contribution in [0.2, 0.25) is 0 Å². The second-order valence-electron chi connectivity index (χ2n) is 7.29. The summed E-state index contributed by atoms with van der Waals surface area (Å²) < 4.78 is 29.1. The van der Waals surface area contributed by atoms with Crippen LogP contribution in [0.3, 0.4) is 0 Å². The van der Waals surface area contributed by atoms with Gasteiger partial charge in [-0.15, -0.1) is 24.0 Å². The second kappa shape index (κ2) is 12.6. The van der Waals surface area contributed by atoms with E-state index in [2.05, 4.69) is 59.5 Å². The number of benzene rings is 1. The summed E-state index contributed by atoms with van der Waals surface area (Å²) in [6.45, 7) is 9.59. The number of hydrogen-bond donors (Lipinski definition) is 2. The van der Waals surface area contributed by atoms with Crippen molar-refractivity contribution in [2.24, 2.45) is 4.99 Å². The predicted molar refractivity (Wildman–Crippen MR) is 130 cm³/mol. The largest absolute Gasteiger partial charge is 0.490 e. The van der Waals surface area contributed by atoms with Crippen LogP contribution in [0.4, 0.5) is 0 Å². The number of rotatable bonds is 8. The maximum atomic E-state index is 11.5. The van der Waals surface area contributed by atoms with Crippen LogP contribution in [0.1, 0.15) is 31.4 Å². The third-order valence-electron chi connectivity index (χ3n) is 4.95. The smallest absolute Gasteiger partial charge is 0.191 e. The van der Waals surface area contributed by atoms with Gasteiger partial charge >= 0.3 is 0 Å². The zero-order valence-electron chi connectivity index (χ0n) is 17.9. The Labute approximate surface area is 192 Å². The van der Waals surface area contributed by atoms with Crippen molar-refractivity contribution in [1.29, 1.82) is 0 Å². The fourth-order valence-corrected chi connectivity index (χ4v) is 4.20. The van der Waals surface area contributed by atoms with E-state index in [9.17, 15) is 8.42 Å². The molecule has 1 fully saturated rings. The summed E-state index contributed by atoms with van der Waals surface area (Å²) >= 11 is 0. The van der Waals surface area contributed by atoms with Crippen molar-refractivity contribution < 1.29 is 13.2 Å². The lowest BCUT2D eigenvalue weighted by atomic mass is 10.1. The van der Waals surface area contributed by atoms with E-state index in [0.29, 0.717) is 26.2 Å². The van der Waals surface area contributed by atoms with E-state index in [0.717, 1.165) is 30.2 Å². The molecule has 7 nitrogen and oxygen atoms in total. The zero-order chi connectivity index (χ0) is 20.6. The average molecular weight is 538 g/mol. The van der Waals surface area contributed by atoms with Crippen LogP contribution in [0, 0.1) is 6.92 Å². The minimum atomic E-state index is -2.83. The van der Waals surface area contributed by atoms with E-state index in [1.54, 1.807) is 7.05 Å². The van der Waals surface area contributed by atoms with Gasteiger partial charge in [0.15, 0.2) is 15.8 Å². The van der Waals surface area contributed by atoms with Gasteiger partial charge in [0.25, 0.3) is 0 Å². The number of nitrogens with zero attached hydrogens (tertiary/aromatic N) is 2. The summed E-state index contributed by atoms with van der Waals surface area (Å²) in [5.41, 5.74) is 2.27. The van der Waals surface area contributed by atoms with Gasteiger partial charge in [0, 0.05) is 45.3 Å². The molecule has 1 unspecified atom stereocenters. The van der Waals surface area contributed by atoms with Crippen LogP contribution in [0.25, 0.3) is 0 Å². The molecule has 0 aromatic heterocycles. The van der Waals surface area contributed by atoms with Gasteiger partial charge in [-0.2, -0.15) is 0 Å². The Balaban J connectivity index is 0.00000420. The van der Waals surface area contributed by atoms with Crippen LogP contribution < -0.4 is 15.4 Å². The Bertz CT molecular complexity index is 757. The molecule has 1 aromatic carbocycles. The molecule has 0 aliphatic carbocycles. The molecule has 1 heterocycles. The highest BCUT2D eigenvalue weighted by atomic mass is 127. The van der Waals surface area contributed by atoms with Crippen molar-refractivity contribution >= 4 is 39.8 Å². The minimum absolute atomic E-state index is 0. The Morgan fingerprint density at radius 3 is 2.59 bits per heavy atom. The van der Waals surface area contributed by atoms with Crippen LogP contribution >= 0.6 is 24.0 Å². The summed E-state index contributed by atoms with van der Waals surface area (Å²) in [5, 5.41) is 6.63. The zero-order valence-corrected chi connectivity index (χ0v) is 21.0. The fraction of sp³-hybridized carbons (Fsp3) is 0.650. The quantitative estimate of drug-likeness (QED) is 0.300. The monoisotopic (exact) mass is 538 g/mol. The first-order valence-electron chi connectivity index (χ1n) is 9.96. The van der Waals surface area contributed by atoms with Crippen LogP contribution in [-0.2, 0) is 16.4 Å². The van der Waals surface area contributed by atoms with E-state index in [-0.39, 0.29) is 41.6 Å². The number of aliphatic imine (C=N–C) groups is 1. The van der Waals surface area contributed by atoms with E-state index >= 15 is 0 Å². The molecular formula is C20H35IN4O3S. The number of aryl methyl sites for hydroxylation is 1. The van der Waals surface area contributed by atoms with Crippen molar-refractivity contribution in [2.75, 3.05) is 44.7 Å². The normalized spacial score (nSPS) is 17.9. The summed E-state index contributed by atoms with van der Waals surface area (Å²) in [5.74, 6) is 2.14. The Hall–Kier alpha value is -1.07. The molecule has 0 saturated carbocycles. The van der Waals surface area contributed by atoms with Gasteiger partial charge in [-0.1, -0.05) is 19.1 Å². The SMILES string of the molecule is CCC(C)Oc1cc(C)ccc1CNC(=NC)NCCN1CCS(=O)(=O)CC1.I. The summed E-state index contributed by atoms with van der Waals surface area (Å²) in [6, 6.07) is 6.24. The Kier molecular flexibility index (Phi) is 11.3. The molecule has 1 aliphatic rings. The molecule has 166 valence electrons. The van der Waals surface area contributed by atoms with Gasteiger partial charge in [-0.05, 0) is 31.9 Å². The van der Waals surface area contributed by atoms with E-state index in [4.69, 9.17) is 4.74 Å². The molecule has 1 atom stereocenters. The highest BCUT2D eigenvalue weighted by Gasteiger charge is 2.20. The summed E-state index contributed by atoms with van der Waals surface area (Å²) in [7, 11) is -1.08. The van der Waals surface area contributed by atoms with Crippen molar-refractivity contribution in [3.63, 3.8) is 0 Å². The molecule has 0 spiro atoms. The van der Waals surface area contributed by atoms with E-state index in [1.807, 2.05) is 0 Å². The standard InChI is InChI=1S/C20H34N4O3S.HI/c1-5-17(3)27-19-14-16(2)6-7-18(19)15-23-20(21-4)22-8-9-24-10-12-28(25,26)13-11-24;/h6-7,14,17H,5,8-13,15H2,1-4H3,(H2,21,22,23);1H. The lowest BCUT2D eigenvalue weighted by Crippen LogP contribution is -2.45. The molecule has 9 heteroatoms. The molecule has 1 aliphatic heterocycles. The maximum absolute atomic E-state index is 11.5. The number of nitrogens with one attached hydrogen (secondary N) is 2. The van der Waals surface area contributed by atoms with Crippen molar-refractivity contribution in [3.8, 4) is 5.75 Å². The topological polar surface area (TPSA) is 83.0 Å². The van der Waals surface area contributed by atoms with Crippen molar-refractivity contribution in [1.82, 2.24) is 15.5 Å². The van der Waals surface area contributed by atoms with Gasteiger partial charge < -0.3 is 15.4 Å². The number of guanidine groups is 1. The van der Waals surface area contributed by atoms with E-state index in [1.165, 1.54) is 5.56 Å². The number of ether oxygens (including phenoxy) is 1. The van der Waals surface area contributed by atoms with E-state index < -0.39 is 9.84 Å². The molecule has 0 bridgehead atoms. The Morgan fingerprint density at radius 1 is 1.28 bits per heavy atom. The molecule has 0 amide bonds. The first kappa shape index (κ1) is 26.0. The highest BCUT2D eigenvalue weighted by molar-refractivity contribution is 14.0. The molecule has 0 radical (unpaired) electrons.